The van der Waals surface area contributed by atoms with E-state index in [-0.39, 0.29) is 11.8 Å². The Balaban J connectivity index is 2.83. The van der Waals surface area contributed by atoms with Gasteiger partial charge in [0.1, 0.15) is 5.52 Å². The van der Waals surface area contributed by atoms with Crippen LogP contribution in [0.5, 0.6) is 0 Å². The zero-order valence-corrected chi connectivity index (χ0v) is 9.69. The Morgan fingerprint density at radius 2 is 2.12 bits per heavy atom. The Bertz CT molecular complexity index is 555. The van der Waals surface area contributed by atoms with Crippen molar-refractivity contribution in [1.82, 2.24) is 9.55 Å². The minimum Gasteiger partial charge on any atom is -0.369 e. The van der Waals surface area contributed by atoms with Crippen LogP contribution in [0.1, 0.15) is 37.2 Å². The number of benzene rings is 1. The molecular formula is C12H15N3O. The maximum atomic E-state index is 11.5. The lowest BCUT2D eigenvalue weighted by molar-refractivity contribution is 0.101. The fourth-order valence-electron chi connectivity index (χ4n) is 1.96. The third-order valence-electron chi connectivity index (χ3n) is 2.64. The third-order valence-corrected chi connectivity index (χ3v) is 2.64. The van der Waals surface area contributed by atoms with E-state index < -0.39 is 0 Å². The lowest BCUT2D eigenvalue weighted by Gasteiger charge is -2.09. The third kappa shape index (κ3) is 1.46. The Morgan fingerprint density at radius 1 is 1.44 bits per heavy atom. The quantitative estimate of drug-likeness (QED) is 0.786. The largest absolute Gasteiger partial charge is 0.369 e. The first kappa shape index (κ1) is 10.7. The van der Waals surface area contributed by atoms with Crippen LogP contribution >= 0.6 is 0 Å². The summed E-state index contributed by atoms with van der Waals surface area (Å²) in [7, 11) is 0. The summed E-state index contributed by atoms with van der Waals surface area (Å²) >= 11 is 0. The van der Waals surface area contributed by atoms with E-state index in [1.54, 1.807) is 13.0 Å². The number of ketones is 1. The van der Waals surface area contributed by atoms with Gasteiger partial charge in [-0.3, -0.25) is 4.79 Å². The maximum absolute atomic E-state index is 11.5. The minimum absolute atomic E-state index is 0.0130. The zero-order chi connectivity index (χ0) is 11.9. The maximum Gasteiger partial charge on any atom is 0.201 e. The number of hydrogen-bond acceptors (Lipinski definition) is 3. The van der Waals surface area contributed by atoms with Crippen molar-refractivity contribution in [2.45, 2.75) is 26.8 Å². The van der Waals surface area contributed by atoms with Gasteiger partial charge in [0, 0.05) is 11.6 Å². The summed E-state index contributed by atoms with van der Waals surface area (Å²) in [6.45, 7) is 5.62. The van der Waals surface area contributed by atoms with E-state index in [1.165, 1.54) is 0 Å². The number of aromatic nitrogens is 2. The van der Waals surface area contributed by atoms with Gasteiger partial charge in [0.15, 0.2) is 5.78 Å². The SMILES string of the molecule is CC(=O)c1cccc2c1nc(N)n2C(C)C. The predicted octanol–water partition coefficient (Wildman–Crippen LogP) is 2.40. The lowest BCUT2D eigenvalue weighted by Crippen LogP contribution is -2.05. The molecule has 0 saturated carbocycles. The van der Waals surface area contributed by atoms with Gasteiger partial charge in [0.05, 0.1) is 5.52 Å². The highest BCUT2D eigenvalue weighted by atomic mass is 16.1. The first-order valence-corrected chi connectivity index (χ1v) is 5.29. The van der Waals surface area contributed by atoms with Crippen molar-refractivity contribution in [2.75, 3.05) is 5.73 Å². The number of imidazole rings is 1. The Kier molecular flexibility index (Phi) is 2.42. The van der Waals surface area contributed by atoms with Crippen LogP contribution in [0.15, 0.2) is 18.2 Å². The molecule has 0 aliphatic carbocycles. The number of para-hydroxylation sites is 1. The first-order valence-electron chi connectivity index (χ1n) is 5.29. The molecule has 4 nitrogen and oxygen atoms in total. The summed E-state index contributed by atoms with van der Waals surface area (Å²) < 4.78 is 1.93. The van der Waals surface area contributed by atoms with Gasteiger partial charge < -0.3 is 10.3 Å². The predicted molar refractivity (Wildman–Crippen MR) is 64.5 cm³/mol. The van der Waals surface area contributed by atoms with Crippen molar-refractivity contribution in [3.8, 4) is 0 Å². The molecule has 0 amide bonds. The number of hydrogen-bond donors (Lipinski definition) is 1. The van der Waals surface area contributed by atoms with E-state index in [0.29, 0.717) is 17.0 Å². The molecule has 0 fully saturated rings. The fourth-order valence-corrected chi connectivity index (χ4v) is 1.96. The number of nitrogen functional groups attached to an aromatic ring is 1. The van der Waals surface area contributed by atoms with Gasteiger partial charge in [0.25, 0.3) is 0 Å². The molecule has 0 unspecified atom stereocenters. The highest BCUT2D eigenvalue weighted by Gasteiger charge is 2.14. The number of nitrogens with two attached hydrogens (primary N) is 1. The van der Waals surface area contributed by atoms with Crippen LogP contribution in [0, 0.1) is 0 Å². The molecule has 2 N–H and O–H groups in total. The molecule has 1 aromatic carbocycles. The molecule has 0 aliphatic heterocycles. The summed E-state index contributed by atoms with van der Waals surface area (Å²) in [5.74, 6) is 0.470. The molecule has 0 atom stereocenters. The molecule has 16 heavy (non-hydrogen) atoms. The lowest BCUT2D eigenvalue weighted by atomic mass is 10.1. The molecule has 2 rings (SSSR count). The average molecular weight is 217 g/mol. The summed E-state index contributed by atoms with van der Waals surface area (Å²) in [5.41, 5.74) is 8.10. The van der Waals surface area contributed by atoms with Crippen molar-refractivity contribution in [3.05, 3.63) is 23.8 Å². The number of carbonyl (C=O) groups excluding carboxylic acids is 1. The first-order chi connectivity index (χ1) is 7.52. The molecule has 0 spiro atoms. The molecule has 1 heterocycles. The normalized spacial score (nSPS) is 11.2. The van der Waals surface area contributed by atoms with Crippen LogP contribution in [0.25, 0.3) is 11.0 Å². The summed E-state index contributed by atoms with van der Waals surface area (Å²) in [6, 6.07) is 5.80. The van der Waals surface area contributed by atoms with Crippen LogP contribution in [-0.4, -0.2) is 15.3 Å². The molecule has 0 aliphatic rings. The van der Waals surface area contributed by atoms with Crippen LogP contribution in [0.2, 0.25) is 0 Å². The second-order valence-corrected chi connectivity index (χ2v) is 4.16. The number of Topliss-reactive ketones (excluding diaryl/α,β-unsaturated/α-hetero) is 1. The summed E-state index contributed by atoms with van der Waals surface area (Å²) in [5, 5.41) is 0. The van der Waals surface area contributed by atoms with Crippen molar-refractivity contribution < 1.29 is 4.79 Å². The monoisotopic (exact) mass is 217 g/mol. The molecular weight excluding hydrogens is 202 g/mol. The molecule has 1 aromatic heterocycles. The Hall–Kier alpha value is -1.84. The molecule has 4 heteroatoms. The Morgan fingerprint density at radius 3 is 2.69 bits per heavy atom. The number of anilines is 1. The molecule has 2 aromatic rings. The van der Waals surface area contributed by atoms with E-state index >= 15 is 0 Å². The molecule has 0 saturated heterocycles. The van der Waals surface area contributed by atoms with Crippen molar-refractivity contribution in [2.24, 2.45) is 0 Å². The summed E-state index contributed by atoms with van der Waals surface area (Å²) in [6.07, 6.45) is 0. The number of carbonyl (C=O) groups is 1. The second-order valence-electron chi connectivity index (χ2n) is 4.16. The fraction of sp³-hybridized carbons (Fsp3) is 0.333. The van der Waals surface area contributed by atoms with Crippen molar-refractivity contribution in [3.63, 3.8) is 0 Å². The van der Waals surface area contributed by atoms with E-state index in [1.807, 2.05) is 30.5 Å². The van der Waals surface area contributed by atoms with Gasteiger partial charge in [0.2, 0.25) is 5.95 Å². The second kappa shape index (κ2) is 3.63. The van der Waals surface area contributed by atoms with Crippen LogP contribution in [-0.2, 0) is 0 Å². The van der Waals surface area contributed by atoms with Crippen LogP contribution < -0.4 is 5.73 Å². The van der Waals surface area contributed by atoms with Gasteiger partial charge in [-0.15, -0.1) is 0 Å². The van der Waals surface area contributed by atoms with Gasteiger partial charge in [-0.1, -0.05) is 6.07 Å². The smallest absolute Gasteiger partial charge is 0.201 e. The standard InChI is InChI=1S/C12H15N3O/c1-7(2)15-10-6-4-5-9(8(3)16)11(10)14-12(15)13/h4-7H,1-3H3,(H2,13,14). The molecule has 84 valence electrons. The van der Waals surface area contributed by atoms with Crippen LogP contribution in [0.4, 0.5) is 5.95 Å². The highest BCUT2D eigenvalue weighted by Crippen LogP contribution is 2.25. The average Bonchev–Trinajstić information content (AvgIpc) is 2.52. The number of nitrogens with zero attached hydrogens (tertiary/aromatic N) is 2. The van der Waals surface area contributed by atoms with E-state index in [2.05, 4.69) is 4.98 Å². The van der Waals surface area contributed by atoms with Crippen molar-refractivity contribution in [1.29, 1.82) is 0 Å². The van der Waals surface area contributed by atoms with Crippen LogP contribution in [0.3, 0.4) is 0 Å². The van der Waals surface area contributed by atoms with E-state index in [9.17, 15) is 4.79 Å². The Labute approximate surface area is 94.1 Å². The minimum atomic E-state index is 0.0130. The molecule has 0 bridgehead atoms. The zero-order valence-electron chi connectivity index (χ0n) is 9.69. The van der Waals surface area contributed by atoms with Gasteiger partial charge in [-0.25, -0.2) is 4.98 Å². The molecule has 0 radical (unpaired) electrons. The number of fused-ring (bicyclic) bond motifs is 1. The number of rotatable bonds is 2. The highest BCUT2D eigenvalue weighted by molar-refractivity contribution is 6.05. The van der Waals surface area contributed by atoms with E-state index in [0.717, 1.165) is 5.52 Å². The van der Waals surface area contributed by atoms with E-state index in [4.69, 9.17) is 5.73 Å². The van der Waals surface area contributed by atoms with Crippen molar-refractivity contribution >= 4 is 22.8 Å². The van der Waals surface area contributed by atoms with Gasteiger partial charge in [-0.05, 0) is 32.9 Å². The summed E-state index contributed by atoms with van der Waals surface area (Å²) in [4.78, 5) is 15.7. The van der Waals surface area contributed by atoms with Gasteiger partial charge in [-0.2, -0.15) is 0 Å². The topological polar surface area (TPSA) is 60.9 Å². The van der Waals surface area contributed by atoms with Gasteiger partial charge >= 0.3 is 0 Å².